The maximum Gasteiger partial charge on any atom is 0.160 e. The van der Waals surface area contributed by atoms with E-state index in [1.807, 2.05) is 49.4 Å². The van der Waals surface area contributed by atoms with Crippen molar-refractivity contribution in [1.29, 1.82) is 0 Å². The second-order valence-electron chi connectivity index (χ2n) is 5.87. The fraction of sp³-hybridized carbons (Fsp3) is 0.333. The number of hydrogen-bond acceptors (Lipinski definition) is 4. The molecule has 23 heavy (non-hydrogen) atoms. The first-order valence-corrected chi connectivity index (χ1v) is 8.34. The summed E-state index contributed by atoms with van der Waals surface area (Å²) in [4.78, 5) is 0. The maximum atomic E-state index is 11.1. The lowest BCUT2D eigenvalue weighted by molar-refractivity contribution is -0.101. The van der Waals surface area contributed by atoms with Crippen LogP contribution in [-0.4, -0.2) is 30.9 Å². The first-order chi connectivity index (χ1) is 11.0. The predicted octanol–water partition coefficient (Wildman–Crippen LogP) is 3.22. The number of fused-ring (bicyclic) bond motifs is 1. The van der Waals surface area contributed by atoms with Crippen molar-refractivity contribution in [2.75, 3.05) is 20.2 Å². The first kappa shape index (κ1) is 16.3. The van der Waals surface area contributed by atoms with Gasteiger partial charge in [-0.25, -0.2) is 0 Å². The van der Waals surface area contributed by atoms with Gasteiger partial charge in [0.1, 0.15) is 18.1 Å². The number of para-hydroxylation sites is 1. The molecular weight excluding hydrogens is 358 g/mol. The summed E-state index contributed by atoms with van der Waals surface area (Å²) in [6.45, 7) is 2.55. The monoisotopic (exact) mass is 377 g/mol. The highest BCUT2D eigenvalue weighted by molar-refractivity contribution is 9.10. The number of ether oxygens (including phenoxy) is 2. The third kappa shape index (κ3) is 3.22. The van der Waals surface area contributed by atoms with E-state index in [-0.39, 0.29) is 6.61 Å². The van der Waals surface area contributed by atoms with Gasteiger partial charge in [0.2, 0.25) is 0 Å². The van der Waals surface area contributed by atoms with Gasteiger partial charge in [0.25, 0.3) is 0 Å². The minimum atomic E-state index is -1.14. The van der Waals surface area contributed by atoms with Gasteiger partial charge in [0.05, 0.1) is 0 Å². The van der Waals surface area contributed by atoms with Gasteiger partial charge in [-0.15, -0.1) is 0 Å². The molecule has 0 amide bonds. The highest BCUT2D eigenvalue weighted by Crippen LogP contribution is 2.41. The van der Waals surface area contributed by atoms with Crippen LogP contribution in [0.15, 0.2) is 46.9 Å². The normalized spacial score (nSPS) is 23.0. The summed E-state index contributed by atoms with van der Waals surface area (Å²) in [6, 6.07) is 13.5. The third-order valence-electron chi connectivity index (χ3n) is 4.03. The average molecular weight is 378 g/mol. The molecule has 4 nitrogen and oxygen atoms in total. The number of aliphatic hydroxyl groups is 1. The van der Waals surface area contributed by atoms with E-state index in [1.54, 1.807) is 7.05 Å². The van der Waals surface area contributed by atoms with E-state index >= 15 is 0 Å². The summed E-state index contributed by atoms with van der Waals surface area (Å²) >= 11 is 3.46. The molecule has 5 heteroatoms. The summed E-state index contributed by atoms with van der Waals surface area (Å²) in [5.74, 6) is 1.51. The van der Waals surface area contributed by atoms with Crippen LogP contribution in [-0.2, 0) is 0 Å². The maximum absolute atomic E-state index is 11.1. The molecule has 0 saturated carbocycles. The SMILES string of the molecule is CNC[C@@]1(O)COc2ccccc2[C@H]1Oc1ccc(Br)cc1C. The fourth-order valence-corrected chi connectivity index (χ4v) is 3.37. The largest absolute Gasteiger partial charge is 0.490 e. The first-order valence-electron chi connectivity index (χ1n) is 7.55. The van der Waals surface area contributed by atoms with Gasteiger partial charge < -0.3 is 19.9 Å². The van der Waals surface area contributed by atoms with Gasteiger partial charge in [0, 0.05) is 16.6 Å². The lowest BCUT2D eigenvalue weighted by Crippen LogP contribution is -2.53. The van der Waals surface area contributed by atoms with E-state index < -0.39 is 11.7 Å². The molecule has 2 aromatic rings. The van der Waals surface area contributed by atoms with Gasteiger partial charge in [-0.2, -0.15) is 0 Å². The molecule has 0 aromatic heterocycles. The molecule has 1 heterocycles. The molecule has 0 radical (unpaired) electrons. The van der Waals surface area contributed by atoms with E-state index in [9.17, 15) is 5.11 Å². The van der Waals surface area contributed by atoms with Crippen molar-refractivity contribution in [2.45, 2.75) is 18.6 Å². The lowest BCUT2D eigenvalue weighted by atomic mass is 9.88. The topological polar surface area (TPSA) is 50.7 Å². The molecule has 0 aliphatic carbocycles. The minimum Gasteiger partial charge on any atom is -0.490 e. The second-order valence-corrected chi connectivity index (χ2v) is 6.78. The molecule has 1 aliphatic rings. The molecule has 122 valence electrons. The summed E-state index contributed by atoms with van der Waals surface area (Å²) in [5, 5.41) is 14.1. The van der Waals surface area contributed by atoms with Crippen LogP contribution in [0.25, 0.3) is 0 Å². The third-order valence-corrected chi connectivity index (χ3v) is 4.53. The second kappa shape index (κ2) is 6.51. The Hall–Kier alpha value is -1.56. The number of hydrogen-bond donors (Lipinski definition) is 2. The van der Waals surface area contributed by atoms with Crippen LogP contribution >= 0.6 is 15.9 Å². The summed E-state index contributed by atoms with van der Waals surface area (Å²) in [6.07, 6.45) is -0.500. The standard InChI is InChI=1S/C18H20BrNO3/c1-12-9-13(19)7-8-15(12)23-17-14-5-3-4-6-16(14)22-11-18(17,21)10-20-2/h3-9,17,20-21H,10-11H2,1-2H3/t17-,18-/m1/s1. The van der Waals surface area contributed by atoms with Crippen molar-refractivity contribution in [2.24, 2.45) is 0 Å². The van der Waals surface area contributed by atoms with Crippen molar-refractivity contribution in [3.8, 4) is 11.5 Å². The van der Waals surface area contributed by atoms with Crippen molar-refractivity contribution in [1.82, 2.24) is 5.32 Å². The van der Waals surface area contributed by atoms with Crippen LogP contribution < -0.4 is 14.8 Å². The van der Waals surface area contributed by atoms with Gasteiger partial charge >= 0.3 is 0 Å². The van der Waals surface area contributed by atoms with E-state index in [0.717, 1.165) is 27.1 Å². The Kier molecular flexibility index (Phi) is 4.62. The molecule has 1 aliphatic heterocycles. The van der Waals surface area contributed by atoms with Crippen molar-refractivity contribution < 1.29 is 14.6 Å². The Morgan fingerprint density at radius 2 is 2.13 bits per heavy atom. The molecule has 2 N–H and O–H groups in total. The van der Waals surface area contributed by atoms with Crippen LogP contribution in [0.5, 0.6) is 11.5 Å². The lowest BCUT2D eigenvalue weighted by Gasteiger charge is -2.40. The van der Waals surface area contributed by atoms with Crippen LogP contribution in [0.3, 0.4) is 0 Å². The number of rotatable bonds is 4. The summed E-state index contributed by atoms with van der Waals surface area (Å²) < 4.78 is 13.0. The molecule has 0 fully saturated rings. The number of halogens is 1. The fourth-order valence-electron chi connectivity index (χ4n) is 2.89. The number of benzene rings is 2. The summed E-state index contributed by atoms with van der Waals surface area (Å²) in [7, 11) is 1.81. The molecule has 0 bridgehead atoms. The highest BCUT2D eigenvalue weighted by atomic mass is 79.9. The molecule has 0 spiro atoms. The zero-order chi connectivity index (χ0) is 16.4. The zero-order valence-electron chi connectivity index (χ0n) is 13.2. The molecule has 2 aromatic carbocycles. The molecular formula is C18H20BrNO3. The minimum absolute atomic E-state index is 0.186. The van der Waals surface area contributed by atoms with Crippen molar-refractivity contribution in [3.05, 3.63) is 58.1 Å². The number of aryl methyl sites for hydroxylation is 1. The molecule has 0 unspecified atom stereocenters. The Bertz CT molecular complexity index is 706. The van der Waals surface area contributed by atoms with E-state index in [1.165, 1.54) is 0 Å². The Balaban J connectivity index is 2.00. The quantitative estimate of drug-likeness (QED) is 0.858. The van der Waals surface area contributed by atoms with Gasteiger partial charge in [-0.3, -0.25) is 0 Å². The predicted molar refractivity (Wildman–Crippen MR) is 93.1 cm³/mol. The Labute approximate surface area is 144 Å². The van der Waals surface area contributed by atoms with Crippen LogP contribution in [0.2, 0.25) is 0 Å². The molecule has 0 saturated heterocycles. The Morgan fingerprint density at radius 1 is 1.35 bits per heavy atom. The van der Waals surface area contributed by atoms with Crippen molar-refractivity contribution >= 4 is 15.9 Å². The van der Waals surface area contributed by atoms with E-state index in [0.29, 0.717) is 6.54 Å². The smallest absolute Gasteiger partial charge is 0.160 e. The van der Waals surface area contributed by atoms with Crippen LogP contribution in [0, 0.1) is 6.92 Å². The van der Waals surface area contributed by atoms with Crippen molar-refractivity contribution in [3.63, 3.8) is 0 Å². The molecule has 2 atom stereocenters. The van der Waals surface area contributed by atoms with Gasteiger partial charge in [0.15, 0.2) is 11.7 Å². The number of nitrogens with one attached hydrogen (secondary N) is 1. The molecule has 3 rings (SSSR count). The van der Waals surface area contributed by atoms with E-state index in [2.05, 4.69) is 21.2 Å². The highest BCUT2D eigenvalue weighted by Gasteiger charge is 2.45. The van der Waals surface area contributed by atoms with Crippen LogP contribution in [0.1, 0.15) is 17.2 Å². The Morgan fingerprint density at radius 3 is 2.87 bits per heavy atom. The average Bonchev–Trinajstić information content (AvgIpc) is 2.52. The van der Waals surface area contributed by atoms with Gasteiger partial charge in [-0.05, 0) is 43.8 Å². The summed E-state index contributed by atoms with van der Waals surface area (Å²) in [5.41, 5.74) is 0.733. The zero-order valence-corrected chi connectivity index (χ0v) is 14.8. The van der Waals surface area contributed by atoms with Crippen LogP contribution in [0.4, 0.5) is 0 Å². The van der Waals surface area contributed by atoms with Gasteiger partial charge in [-0.1, -0.05) is 34.1 Å². The number of likely N-dealkylation sites (N-methyl/N-ethyl adjacent to an activating group) is 1. The van der Waals surface area contributed by atoms with E-state index in [4.69, 9.17) is 9.47 Å².